The van der Waals surface area contributed by atoms with E-state index in [-0.39, 0.29) is 12.8 Å². The van der Waals surface area contributed by atoms with Crippen molar-refractivity contribution in [3.8, 4) is 0 Å². The molecule has 0 bridgehead atoms. The van der Waals surface area contributed by atoms with Gasteiger partial charge in [0.05, 0.1) is 6.61 Å². The van der Waals surface area contributed by atoms with E-state index in [1.54, 1.807) is 0 Å². The normalized spacial score (nSPS) is 22.3. The maximum Gasteiger partial charge on any atom is 0.472 e. The molecule has 370 valence electrons. The van der Waals surface area contributed by atoms with Crippen molar-refractivity contribution in [2.45, 2.75) is 198 Å². The third kappa shape index (κ3) is 32.2. The van der Waals surface area contributed by atoms with Gasteiger partial charge in [-0.1, -0.05) is 182 Å². The lowest BCUT2D eigenvalue weighted by molar-refractivity contribution is -0.220. The van der Waals surface area contributed by atoms with Crippen LogP contribution in [-0.2, 0) is 32.7 Å². The summed E-state index contributed by atoms with van der Waals surface area (Å²) >= 11 is 0. The molecule has 0 saturated heterocycles. The van der Waals surface area contributed by atoms with Crippen molar-refractivity contribution in [3.05, 3.63) is 97.2 Å². The Bertz CT molecular complexity index is 1500. The summed E-state index contributed by atoms with van der Waals surface area (Å²) in [6.45, 7) is 2.97. The highest BCUT2D eigenvalue weighted by Crippen LogP contribution is 2.47. The lowest BCUT2D eigenvalue weighted by Crippen LogP contribution is -2.64. The number of unbranched alkanes of at least 4 members (excludes halogenated alkanes) is 14. The van der Waals surface area contributed by atoms with Gasteiger partial charge in [-0.15, -0.1) is 0 Å². The van der Waals surface area contributed by atoms with Crippen molar-refractivity contribution in [1.82, 2.24) is 0 Å². The maximum absolute atomic E-state index is 12.8. The number of esters is 2. The van der Waals surface area contributed by atoms with Crippen LogP contribution in [-0.4, -0.2) is 98.3 Å². The van der Waals surface area contributed by atoms with E-state index in [0.29, 0.717) is 19.3 Å². The summed E-state index contributed by atoms with van der Waals surface area (Å²) in [7, 11) is -5.14. The van der Waals surface area contributed by atoms with Crippen molar-refractivity contribution in [1.29, 1.82) is 0 Å². The predicted molar refractivity (Wildman–Crippen MR) is 258 cm³/mol. The first-order valence-electron chi connectivity index (χ1n) is 24.1. The van der Waals surface area contributed by atoms with Crippen molar-refractivity contribution < 1.29 is 63.1 Å². The number of carbonyl (C=O) groups excluding carboxylic acids is 2. The first kappa shape index (κ1) is 59.8. The fraction of sp³-hybridized carbons (Fsp3) is 0.647. The van der Waals surface area contributed by atoms with Crippen LogP contribution in [0.1, 0.15) is 155 Å². The Morgan fingerprint density at radius 1 is 0.492 bits per heavy atom. The van der Waals surface area contributed by atoms with Gasteiger partial charge >= 0.3 is 19.8 Å². The Morgan fingerprint density at radius 3 is 1.48 bits per heavy atom. The van der Waals surface area contributed by atoms with Gasteiger partial charge in [-0.25, -0.2) is 4.57 Å². The standard InChI is InChI=1S/C51H83O13P/c1-3-5-7-9-11-13-15-17-18-19-20-21-22-23-24-25-26-28-29-31-33-35-37-39-44(52)61-41-43(42-62-65(59,60)64-51-49(57)47(55)46(54)48(56)50(51)58)63-45(53)40-38-36-34-32-30-27-16-14-12-10-8-6-4-2/h5-8,10-14,16-18,27,30,32,34,43,46-51,54-58H,3-4,9,15,19-26,28-29,31,33,35-42H2,1-2H3,(H,59,60)/b7-5+,8-6+,12-10+,13-11+,16-14+,18-17+,30-27+,34-32+/t43?,46?,47-,48?,49?,50?,51?/m0/s1. The van der Waals surface area contributed by atoms with Gasteiger partial charge < -0.3 is 39.9 Å². The molecular formula is C51H83O13P. The number of phosphoric ester groups is 1. The van der Waals surface area contributed by atoms with Crippen LogP contribution in [0.2, 0.25) is 0 Å². The SMILES string of the molecule is CC/C=C/C=C/C=C/C=C/C=C/CCCC(=O)OC(COC(=O)CCCCCCCCCCCCCCC/C=C/C/C=C/C/C=C/CC)COP(=O)(O)OC1C(O)C(O)C(O)[C@H](O)C1O. The van der Waals surface area contributed by atoms with Gasteiger partial charge in [0.1, 0.15) is 43.2 Å². The van der Waals surface area contributed by atoms with Crippen LogP contribution >= 0.6 is 7.82 Å². The number of rotatable bonds is 38. The van der Waals surface area contributed by atoms with E-state index in [9.17, 15) is 44.6 Å². The fourth-order valence-electron chi connectivity index (χ4n) is 6.74. The van der Waals surface area contributed by atoms with Crippen LogP contribution in [0.15, 0.2) is 97.2 Å². The zero-order valence-electron chi connectivity index (χ0n) is 39.2. The summed E-state index contributed by atoms with van der Waals surface area (Å²) in [6, 6.07) is 0. The molecule has 6 N–H and O–H groups in total. The molecule has 0 heterocycles. The monoisotopic (exact) mass is 935 g/mol. The van der Waals surface area contributed by atoms with Gasteiger partial charge in [0, 0.05) is 12.8 Å². The highest BCUT2D eigenvalue weighted by atomic mass is 31.2. The molecule has 7 unspecified atom stereocenters. The first-order valence-corrected chi connectivity index (χ1v) is 25.6. The molecule has 14 heteroatoms. The number of hydrogen-bond donors (Lipinski definition) is 6. The van der Waals surface area contributed by atoms with Crippen LogP contribution in [0.25, 0.3) is 0 Å². The first-order chi connectivity index (χ1) is 31.4. The minimum atomic E-state index is -5.14. The molecule has 0 radical (unpaired) electrons. The Hall–Kier alpha value is -3.23. The van der Waals surface area contributed by atoms with E-state index < -0.39 is 75.7 Å². The Balaban J connectivity index is 2.41. The Morgan fingerprint density at radius 2 is 0.923 bits per heavy atom. The second kappa shape index (κ2) is 39.9. The van der Waals surface area contributed by atoms with Crippen molar-refractivity contribution in [3.63, 3.8) is 0 Å². The average Bonchev–Trinajstić information content (AvgIpc) is 3.29. The van der Waals surface area contributed by atoms with Crippen molar-refractivity contribution in [2.75, 3.05) is 13.2 Å². The molecule has 0 aromatic rings. The van der Waals surface area contributed by atoms with E-state index in [2.05, 4.69) is 56.4 Å². The van der Waals surface area contributed by atoms with E-state index in [4.69, 9.17) is 18.5 Å². The Kier molecular flexibility index (Phi) is 36.7. The van der Waals surface area contributed by atoms with Gasteiger partial charge in [-0.3, -0.25) is 18.6 Å². The number of aliphatic hydroxyl groups excluding tert-OH is 5. The second-order valence-corrected chi connectivity index (χ2v) is 17.7. The summed E-state index contributed by atoms with van der Waals surface area (Å²) in [6.07, 6.45) is 40.5. The summed E-state index contributed by atoms with van der Waals surface area (Å²) < 4.78 is 33.4. The van der Waals surface area contributed by atoms with Crippen LogP contribution < -0.4 is 0 Å². The minimum absolute atomic E-state index is 0.00456. The number of aliphatic hydroxyl groups is 5. The summed E-state index contributed by atoms with van der Waals surface area (Å²) in [5.74, 6) is -1.19. The molecule has 1 aliphatic carbocycles. The van der Waals surface area contributed by atoms with Crippen LogP contribution in [0.5, 0.6) is 0 Å². The third-order valence-corrected chi connectivity index (χ3v) is 11.5. The quantitative estimate of drug-likeness (QED) is 0.0112. The van der Waals surface area contributed by atoms with Crippen LogP contribution in [0.4, 0.5) is 0 Å². The molecule has 65 heavy (non-hydrogen) atoms. The zero-order valence-corrected chi connectivity index (χ0v) is 40.1. The average molecular weight is 935 g/mol. The molecule has 1 rings (SSSR count). The smallest absolute Gasteiger partial charge is 0.462 e. The molecule has 0 aromatic heterocycles. The van der Waals surface area contributed by atoms with E-state index in [0.717, 1.165) is 57.8 Å². The summed E-state index contributed by atoms with van der Waals surface area (Å²) in [4.78, 5) is 35.7. The molecule has 0 spiro atoms. The van der Waals surface area contributed by atoms with Gasteiger partial charge in [-0.2, -0.15) is 0 Å². The highest BCUT2D eigenvalue weighted by molar-refractivity contribution is 7.47. The lowest BCUT2D eigenvalue weighted by Gasteiger charge is -2.41. The number of ether oxygens (including phenoxy) is 2. The molecule has 0 amide bonds. The Labute approximate surface area is 390 Å². The van der Waals surface area contributed by atoms with Gasteiger partial charge in [0.2, 0.25) is 0 Å². The van der Waals surface area contributed by atoms with Gasteiger partial charge in [0.25, 0.3) is 0 Å². The summed E-state index contributed by atoms with van der Waals surface area (Å²) in [5, 5.41) is 50.2. The number of allylic oxidation sites excluding steroid dienone is 16. The van der Waals surface area contributed by atoms with Gasteiger partial charge in [-0.05, 0) is 57.8 Å². The van der Waals surface area contributed by atoms with Crippen LogP contribution in [0, 0.1) is 0 Å². The fourth-order valence-corrected chi connectivity index (χ4v) is 7.72. The largest absolute Gasteiger partial charge is 0.472 e. The molecule has 13 nitrogen and oxygen atoms in total. The molecule has 0 aliphatic heterocycles. The minimum Gasteiger partial charge on any atom is -0.462 e. The predicted octanol–water partition coefficient (Wildman–Crippen LogP) is 9.83. The van der Waals surface area contributed by atoms with E-state index in [1.165, 1.54) is 51.4 Å². The van der Waals surface area contributed by atoms with Gasteiger partial charge in [0.15, 0.2) is 6.10 Å². The molecule has 8 atom stereocenters. The topological polar surface area (TPSA) is 210 Å². The number of carbonyl (C=O) groups is 2. The van der Waals surface area contributed by atoms with Crippen molar-refractivity contribution in [2.24, 2.45) is 0 Å². The van der Waals surface area contributed by atoms with Crippen LogP contribution in [0.3, 0.4) is 0 Å². The molecular weight excluding hydrogens is 852 g/mol. The molecule has 1 saturated carbocycles. The highest BCUT2D eigenvalue weighted by Gasteiger charge is 2.51. The maximum atomic E-state index is 12.8. The summed E-state index contributed by atoms with van der Waals surface area (Å²) in [5.41, 5.74) is 0. The molecule has 1 aliphatic rings. The number of phosphoric acid groups is 1. The molecule has 1 fully saturated rings. The second-order valence-electron chi connectivity index (χ2n) is 16.3. The van der Waals surface area contributed by atoms with E-state index in [1.807, 2.05) is 54.7 Å². The molecule has 0 aromatic carbocycles. The third-order valence-electron chi connectivity index (χ3n) is 10.5. The zero-order chi connectivity index (χ0) is 47.8. The van der Waals surface area contributed by atoms with Crippen molar-refractivity contribution >= 4 is 19.8 Å². The lowest BCUT2D eigenvalue weighted by atomic mass is 9.85. The number of hydrogen-bond acceptors (Lipinski definition) is 12. The van der Waals surface area contributed by atoms with E-state index >= 15 is 0 Å².